The minimum Gasteiger partial charge on any atom is -0.506 e. The van der Waals surface area contributed by atoms with Gasteiger partial charge in [-0.3, -0.25) is 4.79 Å². The fourth-order valence-corrected chi connectivity index (χ4v) is 2.86. The number of pyridine rings is 1. The molecule has 0 saturated carbocycles. The second-order valence-corrected chi connectivity index (χ2v) is 6.16. The van der Waals surface area contributed by atoms with Crippen LogP contribution in [0.2, 0.25) is 10.0 Å². The number of esters is 1. The number of benzene rings is 2. The third kappa shape index (κ3) is 3.92. The maximum absolute atomic E-state index is 11.2. The number of nitrogens with zero attached hydrogens (tertiary/aromatic N) is 1. The zero-order valence-corrected chi connectivity index (χ0v) is 14.7. The molecule has 1 heterocycles. The van der Waals surface area contributed by atoms with E-state index in [1.165, 1.54) is 13.0 Å². The second-order valence-electron chi connectivity index (χ2n) is 5.32. The lowest BCUT2D eigenvalue weighted by Gasteiger charge is -2.06. The van der Waals surface area contributed by atoms with Crippen LogP contribution in [0.1, 0.15) is 18.2 Å². The average molecular weight is 374 g/mol. The normalized spacial score (nSPS) is 11.2. The maximum atomic E-state index is 11.2. The van der Waals surface area contributed by atoms with Crippen molar-refractivity contribution in [3.63, 3.8) is 0 Å². The molecule has 0 bridgehead atoms. The first-order chi connectivity index (χ1) is 11.9. The van der Waals surface area contributed by atoms with E-state index in [0.29, 0.717) is 27.5 Å². The molecule has 0 amide bonds. The molecule has 126 valence electrons. The number of para-hydroxylation sites is 1. The Morgan fingerprint density at radius 3 is 2.72 bits per heavy atom. The molecular formula is C19H13Cl2NO3. The third-order valence-corrected chi connectivity index (χ3v) is 3.96. The molecule has 0 aliphatic rings. The number of aromatic nitrogens is 1. The van der Waals surface area contributed by atoms with Crippen molar-refractivity contribution in [1.82, 2.24) is 4.98 Å². The molecule has 0 atom stereocenters. The lowest BCUT2D eigenvalue weighted by atomic mass is 10.1. The summed E-state index contributed by atoms with van der Waals surface area (Å²) in [5, 5.41) is 11.4. The van der Waals surface area contributed by atoms with Crippen LogP contribution in [0.4, 0.5) is 0 Å². The van der Waals surface area contributed by atoms with Gasteiger partial charge in [0.15, 0.2) is 5.75 Å². The van der Waals surface area contributed by atoms with Crippen LogP contribution in [-0.4, -0.2) is 16.1 Å². The Kier molecular flexibility index (Phi) is 4.93. The van der Waals surface area contributed by atoms with E-state index in [0.717, 1.165) is 5.39 Å². The van der Waals surface area contributed by atoms with E-state index in [1.807, 2.05) is 18.2 Å². The van der Waals surface area contributed by atoms with Gasteiger partial charge in [-0.1, -0.05) is 41.4 Å². The summed E-state index contributed by atoms with van der Waals surface area (Å²) in [6.45, 7) is 1.34. The van der Waals surface area contributed by atoms with E-state index in [1.54, 1.807) is 30.4 Å². The minimum atomic E-state index is -0.409. The number of carbonyl (C=O) groups is 1. The zero-order chi connectivity index (χ0) is 18.0. The van der Waals surface area contributed by atoms with Crippen LogP contribution in [0.25, 0.3) is 23.1 Å². The first-order valence-electron chi connectivity index (χ1n) is 7.38. The SMILES string of the molecule is CC(=O)Oc1cccc2ccc(/C=C/c3cc(Cl)cc(Cl)c3O)nc12. The number of phenols is 1. The molecule has 0 spiro atoms. The van der Waals surface area contributed by atoms with Crippen molar-refractivity contribution in [3.8, 4) is 11.5 Å². The second kappa shape index (κ2) is 7.13. The summed E-state index contributed by atoms with van der Waals surface area (Å²) < 4.78 is 5.20. The van der Waals surface area contributed by atoms with Gasteiger partial charge in [0.1, 0.15) is 11.3 Å². The van der Waals surface area contributed by atoms with Gasteiger partial charge >= 0.3 is 5.97 Å². The lowest BCUT2D eigenvalue weighted by Crippen LogP contribution is -2.02. The van der Waals surface area contributed by atoms with Crippen LogP contribution in [0, 0.1) is 0 Å². The van der Waals surface area contributed by atoms with Gasteiger partial charge in [0.05, 0.1) is 10.7 Å². The van der Waals surface area contributed by atoms with Gasteiger partial charge in [0.25, 0.3) is 0 Å². The fourth-order valence-electron chi connectivity index (χ4n) is 2.35. The van der Waals surface area contributed by atoms with E-state index < -0.39 is 5.97 Å². The largest absolute Gasteiger partial charge is 0.506 e. The van der Waals surface area contributed by atoms with Crippen molar-refractivity contribution >= 4 is 52.2 Å². The van der Waals surface area contributed by atoms with E-state index >= 15 is 0 Å². The van der Waals surface area contributed by atoms with Crippen LogP contribution >= 0.6 is 23.2 Å². The van der Waals surface area contributed by atoms with E-state index in [9.17, 15) is 9.90 Å². The van der Waals surface area contributed by atoms with Gasteiger partial charge in [0.2, 0.25) is 0 Å². The fraction of sp³-hybridized carbons (Fsp3) is 0.0526. The molecule has 4 nitrogen and oxygen atoms in total. The molecule has 2 aromatic carbocycles. The van der Waals surface area contributed by atoms with Gasteiger partial charge in [-0.2, -0.15) is 0 Å². The summed E-state index contributed by atoms with van der Waals surface area (Å²) >= 11 is 11.9. The standard InChI is InChI=1S/C19H13Cl2NO3/c1-11(23)25-17-4-2-3-12-5-7-15(22-18(12)17)8-6-13-9-14(20)10-16(21)19(13)24/h2-10,24H,1H3/b8-6+. The molecule has 3 aromatic rings. The Bertz CT molecular complexity index is 999. The van der Waals surface area contributed by atoms with Gasteiger partial charge < -0.3 is 9.84 Å². The Labute approximate surface area is 154 Å². The number of aromatic hydroxyl groups is 1. The lowest BCUT2D eigenvalue weighted by molar-refractivity contribution is -0.131. The van der Waals surface area contributed by atoms with Crippen molar-refractivity contribution in [2.75, 3.05) is 0 Å². The number of halogens is 2. The average Bonchev–Trinajstić information content (AvgIpc) is 2.56. The van der Waals surface area contributed by atoms with E-state index in [-0.39, 0.29) is 10.8 Å². The molecule has 3 rings (SSSR count). The van der Waals surface area contributed by atoms with Crippen LogP contribution in [0.3, 0.4) is 0 Å². The highest BCUT2D eigenvalue weighted by molar-refractivity contribution is 6.35. The summed E-state index contributed by atoms with van der Waals surface area (Å²) in [5.41, 5.74) is 1.68. The predicted molar refractivity (Wildman–Crippen MR) is 100 cm³/mol. The van der Waals surface area contributed by atoms with Gasteiger partial charge in [0, 0.05) is 22.9 Å². The Hall–Kier alpha value is -2.56. The molecule has 0 saturated heterocycles. The third-order valence-electron chi connectivity index (χ3n) is 3.45. The summed E-state index contributed by atoms with van der Waals surface area (Å²) in [6, 6.07) is 12.1. The first kappa shape index (κ1) is 17.3. The van der Waals surface area contributed by atoms with Crippen LogP contribution in [0.15, 0.2) is 42.5 Å². The summed E-state index contributed by atoms with van der Waals surface area (Å²) in [6.07, 6.45) is 3.38. The number of fused-ring (bicyclic) bond motifs is 1. The highest BCUT2D eigenvalue weighted by Gasteiger charge is 2.08. The summed E-state index contributed by atoms with van der Waals surface area (Å²) in [5.74, 6) is -0.0636. The van der Waals surface area contributed by atoms with Crippen molar-refractivity contribution in [2.45, 2.75) is 6.92 Å². The highest BCUT2D eigenvalue weighted by Crippen LogP contribution is 2.32. The van der Waals surface area contributed by atoms with E-state index in [4.69, 9.17) is 27.9 Å². The Morgan fingerprint density at radius 1 is 1.16 bits per heavy atom. The monoisotopic (exact) mass is 373 g/mol. The van der Waals surface area contributed by atoms with Crippen LogP contribution < -0.4 is 4.74 Å². The molecule has 25 heavy (non-hydrogen) atoms. The first-order valence-corrected chi connectivity index (χ1v) is 8.14. The van der Waals surface area contributed by atoms with Crippen molar-refractivity contribution in [2.24, 2.45) is 0 Å². The smallest absolute Gasteiger partial charge is 0.308 e. The Balaban J connectivity index is 2.01. The van der Waals surface area contributed by atoms with Gasteiger partial charge in [-0.25, -0.2) is 4.98 Å². The molecule has 0 aliphatic heterocycles. The molecule has 1 N–H and O–H groups in total. The zero-order valence-electron chi connectivity index (χ0n) is 13.2. The number of ether oxygens (including phenoxy) is 1. The van der Waals surface area contributed by atoms with Crippen LogP contribution in [0.5, 0.6) is 11.5 Å². The molecule has 0 aliphatic carbocycles. The predicted octanol–water partition coefficient (Wildman–Crippen LogP) is 5.34. The van der Waals surface area contributed by atoms with Crippen LogP contribution in [-0.2, 0) is 4.79 Å². The molecule has 1 aromatic heterocycles. The number of carbonyl (C=O) groups excluding carboxylic acids is 1. The van der Waals surface area contributed by atoms with Crippen molar-refractivity contribution in [1.29, 1.82) is 0 Å². The quantitative estimate of drug-likeness (QED) is 0.496. The van der Waals surface area contributed by atoms with Gasteiger partial charge in [-0.15, -0.1) is 0 Å². The minimum absolute atomic E-state index is 0.0521. The topological polar surface area (TPSA) is 59.4 Å². The summed E-state index contributed by atoms with van der Waals surface area (Å²) in [4.78, 5) is 15.7. The van der Waals surface area contributed by atoms with Gasteiger partial charge in [-0.05, 0) is 36.4 Å². The van der Waals surface area contributed by atoms with Crippen molar-refractivity contribution < 1.29 is 14.6 Å². The van der Waals surface area contributed by atoms with Crippen molar-refractivity contribution in [3.05, 3.63) is 63.8 Å². The number of phenolic OH excluding ortho intramolecular Hbond substituents is 1. The molecule has 6 heteroatoms. The van der Waals surface area contributed by atoms with E-state index in [2.05, 4.69) is 4.98 Å². The number of hydrogen-bond donors (Lipinski definition) is 1. The highest BCUT2D eigenvalue weighted by atomic mass is 35.5. The molecule has 0 fully saturated rings. The molecule has 0 unspecified atom stereocenters. The number of hydrogen-bond acceptors (Lipinski definition) is 4. The molecular weight excluding hydrogens is 361 g/mol. The maximum Gasteiger partial charge on any atom is 0.308 e. The molecule has 0 radical (unpaired) electrons. The number of rotatable bonds is 3. The Morgan fingerprint density at radius 2 is 1.96 bits per heavy atom. The summed E-state index contributed by atoms with van der Waals surface area (Å²) in [7, 11) is 0.